The van der Waals surface area contributed by atoms with E-state index in [1.54, 1.807) is 38.3 Å². The number of carbonyl (C=O) groups excluding carboxylic acids is 1. The zero-order valence-electron chi connectivity index (χ0n) is 20.2. The van der Waals surface area contributed by atoms with E-state index in [2.05, 4.69) is 10.5 Å². The number of aryl methyl sites for hydroxylation is 1. The van der Waals surface area contributed by atoms with E-state index in [1.807, 2.05) is 72.4 Å². The Morgan fingerprint density at radius 3 is 2.50 bits per heavy atom. The Bertz CT molecular complexity index is 1380. The van der Waals surface area contributed by atoms with Gasteiger partial charge in [0.2, 0.25) is 0 Å². The third kappa shape index (κ3) is 6.33. The molecule has 0 bridgehead atoms. The van der Waals surface area contributed by atoms with E-state index < -0.39 is 5.60 Å². The maximum Gasteiger partial charge on any atom is 0.283 e. The molecule has 0 saturated heterocycles. The largest absolute Gasteiger partial charge is 0.478 e. The first-order valence-electron chi connectivity index (χ1n) is 11.4. The summed E-state index contributed by atoms with van der Waals surface area (Å²) in [5.41, 5.74) is 5.84. The van der Waals surface area contributed by atoms with Gasteiger partial charge in [-0.15, -0.1) is 0 Å². The average Bonchev–Trinajstić information content (AvgIpc) is 3.25. The lowest BCUT2D eigenvalue weighted by molar-refractivity contribution is -0.134. The summed E-state index contributed by atoms with van der Waals surface area (Å²) in [6.45, 7) is 5.81. The van der Waals surface area contributed by atoms with Crippen LogP contribution in [0.2, 0.25) is 10.0 Å². The van der Waals surface area contributed by atoms with Gasteiger partial charge in [0.1, 0.15) is 11.4 Å². The van der Waals surface area contributed by atoms with Gasteiger partial charge in [-0.2, -0.15) is 10.2 Å². The lowest BCUT2D eigenvalue weighted by Crippen LogP contribution is -2.44. The minimum Gasteiger partial charge on any atom is -0.478 e. The first-order chi connectivity index (χ1) is 17.2. The number of nitrogens with one attached hydrogen (secondary N) is 1. The highest BCUT2D eigenvalue weighted by Crippen LogP contribution is 2.25. The number of halogens is 2. The molecule has 0 atom stereocenters. The number of ether oxygens (including phenoxy) is 1. The number of carbonyl (C=O) groups is 1. The number of hydrogen-bond donors (Lipinski definition) is 1. The molecule has 1 N–H and O–H groups in total. The van der Waals surface area contributed by atoms with Crippen LogP contribution in [-0.2, 0) is 11.3 Å². The quantitative estimate of drug-likeness (QED) is 0.212. The number of hydrogen-bond acceptors (Lipinski definition) is 4. The molecule has 0 unspecified atom stereocenters. The van der Waals surface area contributed by atoms with Crippen LogP contribution in [0.3, 0.4) is 0 Å². The highest BCUT2D eigenvalue weighted by Gasteiger charge is 2.30. The Morgan fingerprint density at radius 2 is 1.81 bits per heavy atom. The minimum absolute atomic E-state index is 0.388. The Morgan fingerprint density at radius 1 is 1.08 bits per heavy atom. The molecular weight excluding hydrogens is 495 g/mol. The lowest BCUT2D eigenvalue weighted by atomic mass is 10.1. The zero-order chi connectivity index (χ0) is 25.7. The fraction of sp³-hybridized carbons (Fsp3) is 0.179. The van der Waals surface area contributed by atoms with Gasteiger partial charge in [-0.3, -0.25) is 9.48 Å². The monoisotopic (exact) mass is 520 g/mol. The van der Waals surface area contributed by atoms with E-state index in [1.165, 1.54) is 0 Å². The SMILES string of the molecule is Cc1cc(OC(C)(C)C(=O)N/N=C/c2cn(Cc3ccc(Cl)cc3)nc2-c2ccccc2)ccc1Cl. The topological polar surface area (TPSA) is 68.5 Å². The minimum atomic E-state index is -1.15. The van der Waals surface area contributed by atoms with Crippen LogP contribution in [0.1, 0.15) is 30.5 Å². The molecule has 4 rings (SSSR count). The van der Waals surface area contributed by atoms with Crippen molar-refractivity contribution in [3.63, 3.8) is 0 Å². The Balaban J connectivity index is 1.51. The molecule has 0 aliphatic heterocycles. The van der Waals surface area contributed by atoms with Crippen molar-refractivity contribution in [2.24, 2.45) is 5.10 Å². The van der Waals surface area contributed by atoms with Crippen LogP contribution in [0, 0.1) is 6.92 Å². The Hall–Kier alpha value is -3.61. The highest BCUT2D eigenvalue weighted by molar-refractivity contribution is 6.31. The van der Waals surface area contributed by atoms with Gasteiger partial charge in [-0.05, 0) is 62.2 Å². The molecular formula is C28H26Cl2N4O2. The van der Waals surface area contributed by atoms with Crippen molar-refractivity contribution in [2.75, 3.05) is 0 Å². The fourth-order valence-electron chi connectivity index (χ4n) is 3.53. The molecule has 4 aromatic rings. The Kier molecular flexibility index (Phi) is 7.77. The molecule has 3 aromatic carbocycles. The van der Waals surface area contributed by atoms with E-state index in [9.17, 15) is 4.79 Å². The smallest absolute Gasteiger partial charge is 0.283 e. The second-order valence-corrected chi connectivity index (χ2v) is 9.69. The third-order valence-electron chi connectivity index (χ3n) is 5.51. The van der Waals surface area contributed by atoms with E-state index in [0.29, 0.717) is 22.3 Å². The summed E-state index contributed by atoms with van der Waals surface area (Å²) in [6.07, 6.45) is 3.48. The van der Waals surface area contributed by atoms with Gasteiger partial charge in [-0.25, -0.2) is 5.43 Å². The summed E-state index contributed by atoms with van der Waals surface area (Å²) in [5.74, 6) is 0.164. The molecule has 0 aliphatic rings. The zero-order valence-corrected chi connectivity index (χ0v) is 21.7. The van der Waals surface area contributed by atoms with Crippen molar-refractivity contribution in [3.8, 4) is 17.0 Å². The van der Waals surface area contributed by atoms with Crippen LogP contribution in [-0.4, -0.2) is 27.5 Å². The van der Waals surface area contributed by atoms with Crippen LogP contribution in [0.4, 0.5) is 0 Å². The molecule has 8 heteroatoms. The van der Waals surface area contributed by atoms with Gasteiger partial charge in [-0.1, -0.05) is 65.7 Å². The first kappa shape index (κ1) is 25.5. The first-order valence-corrected chi connectivity index (χ1v) is 12.1. The molecule has 6 nitrogen and oxygen atoms in total. The van der Waals surface area contributed by atoms with Gasteiger partial charge in [0.05, 0.1) is 12.8 Å². The van der Waals surface area contributed by atoms with Crippen molar-refractivity contribution in [3.05, 3.63) is 106 Å². The van der Waals surface area contributed by atoms with E-state index in [0.717, 1.165) is 27.9 Å². The van der Waals surface area contributed by atoms with Crippen LogP contribution < -0.4 is 10.2 Å². The molecule has 0 fully saturated rings. The second kappa shape index (κ2) is 11.0. The summed E-state index contributed by atoms with van der Waals surface area (Å²) in [4.78, 5) is 12.8. The second-order valence-electron chi connectivity index (χ2n) is 8.85. The van der Waals surface area contributed by atoms with Crippen LogP contribution in [0.25, 0.3) is 11.3 Å². The van der Waals surface area contributed by atoms with Crippen LogP contribution in [0.5, 0.6) is 5.75 Å². The third-order valence-corrected chi connectivity index (χ3v) is 6.19. The summed E-state index contributed by atoms with van der Waals surface area (Å²) in [5, 5.41) is 10.3. The molecule has 36 heavy (non-hydrogen) atoms. The van der Waals surface area contributed by atoms with Gasteiger partial charge >= 0.3 is 0 Å². The van der Waals surface area contributed by atoms with Gasteiger partial charge in [0.15, 0.2) is 5.60 Å². The number of aromatic nitrogens is 2. The average molecular weight is 521 g/mol. The molecule has 1 amide bonds. The molecule has 184 valence electrons. The molecule has 0 saturated carbocycles. The molecule has 0 radical (unpaired) electrons. The van der Waals surface area contributed by atoms with Crippen molar-refractivity contribution in [2.45, 2.75) is 32.9 Å². The summed E-state index contributed by atoms with van der Waals surface area (Å²) in [6, 6.07) is 22.7. The highest BCUT2D eigenvalue weighted by atomic mass is 35.5. The molecule has 1 heterocycles. The predicted molar refractivity (Wildman–Crippen MR) is 145 cm³/mol. The number of nitrogens with zero attached hydrogens (tertiary/aromatic N) is 3. The maximum atomic E-state index is 12.8. The predicted octanol–water partition coefficient (Wildman–Crippen LogP) is 6.52. The van der Waals surface area contributed by atoms with Crippen molar-refractivity contribution >= 4 is 35.3 Å². The molecule has 0 aliphatic carbocycles. The van der Waals surface area contributed by atoms with Crippen molar-refractivity contribution in [1.29, 1.82) is 0 Å². The summed E-state index contributed by atoms with van der Waals surface area (Å²) >= 11 is 12.1. The number of benzene rings is 3. The van der Waals surface area contributed by atoms with Crippen molar-refractivity contribution in [1.82, 2.24) is 15.2 Å². The van der Waals surface area contributed by atoms with Gasteiger partial charge in [0.25, 0.3) is 5.91 Å². The Labute approximate surface area is 220 Å². The van der Waals surface area contributed by atoms with E-state index >= 15 is 0 Å². The number of amides is 1. The standard InChI is InChI=1S/C28H26Cl2N4O2/c1-19-15-24(13-14-25(19)30)36-28(2,3)27(35)32-31-16-22-18-34(17-20-9-11-23(29)12-10-20)33-26(22)21-7-5-4-6-8-21/h4-16,18H,17H2,1-3H3,(H,32,35)/b31-16+. The van der Waals surface area contributed by atoms with E-state index in [-0.39, 0.29) is 5.91 Å². The number of hydrazone groups is 1. The molecule has 0 spiro atoms. The van der Waals surface area contributed by atoms with Crippen LogP contribution in [0.15, 0.2) is 84.1 Å². The fourth-order valence-corrected chi connectivity index (χ4v) is 3.77. The molecule has 1 aromatic heterocycles. The number of rotatable bonds is 8. The van der Waals surface area contributed by atoms with Crippen molar-refractivity contribution < 1.29 is 9.53 Å². The van der Waals surface area contributed by atoms with Gasteiger partial charge < -0.3 is 4.74 Å². The summed E-state index contributed by atoms with van der Waals surface area (Å²) < 4.78 is 7.74. The van der Waals surface area contributed by atoms with E-state index in [4.69, 9.17) is 33.0 Å². The maximum absolute atomic E-state index is 12.8. The summed E-state index contributed by atoms with van der Waals surface area (Å²) in [7, 11) is 0. The van der Waals surface area contributed by atoms with Gasteiger partial charge in [0, 0.05) is 27.4 Å². The van der Waals surface area contributed by atoms with Crippen LogP contribution >= 0.6 is 23.2 Å². The normalized spacial score (nSPS) is 11.6. The lowest BCUT2D eigenvalue weighted by Gasteiger charge is -2.24.